The van der Waals surface area contributed by atoms with Crippen LogP contribution in [0.2, 0.25) is 0 Å². The Kier molecular flexibility index (Phi) is 4.54. The van der Waals surface area contributed by atoms with Crippen LogP contribution in [-0.2, 0) is 0 Å². The van der Waals surface area contributed by atoms with Crippen LogP contribution in [-0.4, -0.2) is 39.5 Å². The van der Waals surface area contributed by atoms with E-state index in [1.165, 1.54) is 11.8 Å². The average molecular weight is 227 g/mol. The average Bonchev–Trinajstić information content (AvgIpc) is 2.26. The molecule has 0 aliphatic carbocycles. The summed E-state index contributed by atoms with van der Waals surface area (Å²) in [6.07, 6.45) is 0.808. The van der Waals surface area contributed by atoms with Gasteiger partial charge in [-0.3, -0.25) is 5.41 Å². The maximum Gasteiger partial charge on any atom is 0.122 e. The van der Waals surface area contributed by atoms with Gasteiger partial charge in [-0.05, 0) is 12.1 Å². The molecular weight excluding hydrogens is 214 g/mol. The molecule has 0 aromatic carbocycles. The van der Waals surface area contributed by atoms with Gasteiger partial charge in [-0.1, -0.05) is 0 Å². The molecule has 0 aliphatic rings. The Balaban J connectivity index is 2.62. The van der Waals surface area contributed by atoms with Gasteiger partial charge >= 0.3 is 0 Å². The lowest BCUT2D eigenvalue weighted by molar-refractivity contribution is 0.113. The van der Waals surface area contributed by atoms with Crippen LogP contribution in [0.1, 0.15) is 5.56 Å². The van der Waals surface area contributed by atoms with Crippen LogP contribution >= 0.6 is 11.8 Å². The first-order valence-corrected chi connectivity index (χ1v) is 5.34. The van der Waals surface area contributed by atoms with Crippen molar-refractivity contribution in [3.8, 4) is 0 Å². The Hall–Kier alpha value is -1.11. The largest absolute Gasteiger partial charge is 0.394 e. The van der Waals surface area contributed by atoms with Crippen molar-refractivity contribution in [2.75, 3.05) is 12.4 Å². The summed E-state index contributed by atoms with van der Waals surface area (Å²) < 4.78 is 0. The van der Waals surface area contributed by atoms with Crippen LogP contribution in [0.5, 0.6) is 0 Å². The zero-order chi connectivity index (χ0) is 11.3. The van der Waals surface area contributed by atoms with Crippen LogP contribution < -0.4 is 5.73 Å². The third kappa shape index (κ3) is 3.86. The van der Waals surface area contributed by atoms with E-state index < -0.39 is 6.10 Å². The van der Waals surface area contributed by atoms with Gasteiger partial charge in [0.05, 0.1) is 17.7 Å². The number of aliphatic hydroxyl groups is 2. The lowest BCUT2D eigenvalue weighted by Crippen LogP contribution is -2.15. The summed E-state index contributed by atoms with van der Waals surface area (Å²) in [4.78, 5) is 4.05. The predicted octanol–water partition coefficient (Wildman–Crippen LogP) is -0.189. The molecule has 1 atom stereocenters. The standard InChI is InChI=1S/C9H13N3O2S/c10-9(11)6-1-2-12-8(3-6)15-5-7(14)4-13/h1-3,7,13-14H,4-5H2,(H3,10,11). The number of pyridine rings is 1. The molecular formula is C9H13N3O2S. The fourth-order valence-corrected chi connectivity index (χ4v) is 1.70. The van der Waals surface area contributed by atoms with Gasteiger partial charge in [0.2, 0.25) is 0 Å². The zero-order valence-electron chi connectivity index (χ0n) is 8.05. The molecule has 0 aliphatic heterocycles. The number of nitrogens with zero attached hydrogens (tertiary/aromatic N) is 1. The minimum absolute atomic E-state index is 0.0121. The van der Waals surface area contributed by atoms with Crippen molar-refractivity contribution in [2.45, 2.75) is 11.1 Å². The Morgan fingerprint density at radius 2 is 2.40 bits per heavy atom. The summed E-state index contributed by atoms with van der Waals surface area (Å²) in [6.45, 7) is -0.264. The molecule has 0 amide bonds. The van der Waals surface area contributed by atoms with Gasteiger partial charge in [-0.25, -0.2) is 4.98 Å². The quantitative estimate of drug-likeness (QED) is 0.317. The van der Waals surface area contributed by atoms with E-state index in [4.69, 9.17) is 21.4 Å². The Bertz CT molecular complexity index is 346. The van der Waals surface area contributed by atoms with Crippen LogP contribution in [0.15, 0.2) is 23.4 Å². The highest BCUT2D eigenvalue weighted by atomic mass is 32.2. The third-order valence-corrected chi connectivity index (χ3v) is 2.75. The minimum Gasteiger partial charge on any atom is -0.394 e. The second kappa shape index (κ2) is 5.69. The van der Waals surface area contributed by atoms with Crippen LogP contribution in [0.4, 0.5) is 0 Å². The molecule has 5 nitrogen and oxygen atoms in total. The second-order valence-corrected chi connectivity index (χ2v) is 3.98. The molecule has 1 rings (SSSR count). The van der Waals surface area contributed by atoms with E-state index in [2.05, 4.69) is 4.98 Å². The van der Waals surface area contributed by atoms with E-state index in [0.29, 0.717) is 16.3 Å². The van der Waals surface area contributed by atoms with Crippen molar-refractivity contribution in [3.63, 3.8) is 0 Å². The van der Waals surface area contributed by atoms with E-state index in [1.807, 2.05) is 0 Å². The maximum atomic E-state index is 9.13. The van der Waals surface area contributed by atoms with Crippen molar-refractivity contribution in [2.24, 2.45) is 5.73 Å². The molecule has 1 heterocycles. The molecule has 0 fully saturated rings. The molecule has 1 unspecified atom stereocenters. The third-order valence-electron chi connectivity index (χ3n) is 1.68. The fourth-order valence-electron chi connectivity index (χ4n) is 0.890. The van der Waals surface area contributed by atoms with E-state index in [-0.39, 0.29) is 12.4 Å². The summed E-state index contributed by atoms with van der Waals surface area (Å²) in [5.74, 6) is 0.354. The number of hydrogen-bond donors (Lipinski definition) is 4. The number of hydrogen-bond acceptors (Lipinski definition) is 5. The number of aromatic nitrogens is 1. The maximum absolute atomic E-state index is 9.13. The highest BCUT2D eigenvalue weighted by Gasteiger charge is 2.05. The SMILES string of the molecule is N=C(N)c1ccnc(SCC(O)CO)c1. The van der Waals surface area contributed by atoms with E-state index >= 15 is 0 Å². The van der Waals surface area contributed by atoms with Crippen molar-refractivity contribution in [1.29, 1.82) is 5.41 Å². The number of amidine groups is 1. The van der Waals surface area contributed by atoms with Crippen molar-refractivity contribution < 1.29 is 10.2 Å². The first kappa shape index (κ1) is 12.0. The predicted molar refractivity (Wildman–Crippen MR) is 59.1 cm³/mol. The van der Waals surface area contributed by atoms with E-state index in [1.54, 1.807) is 18.3 Å². The molecule has 0 saturated carbocycles. The summed E-state index contributed by atoms with van der Waals surface area (Å²) in [5, 5.41) is 25.7. The molecule has 0 bridgehead atoms. The Morgan fingerprint density at radius 1 is 1.67 bits per heavy atom. The van der Waals surface area contributed by atoms with Gasteiger partial charge in [0.15, 0.2) is 0 Å². The zero-order valence-corrected chi connectivity index (χ0v) is 8.87. The molecule has 0 radical (unpaired) electrons. The minimum atomic E-state index is -0.752. The van der Waals surface area contributed by atoms with Crippen molar-refractivity contribution in [3.05, 3.63) is 23.9 Å². The molecule has 82 valence electrons. The first-order chi connectivity index (χ1) is 7.13. The highest BCUT2D eigenvalue weighted by molar-refractivity contribution is 7.99. The number of nitrogen functional groups attached to an aromatic ring is 1. The molecule has 6 heteroatoms. The fraction of sp³-hybridized carbons (Fsp3) is 0.333. The lowest BCUT2D eigenvalue weighted by Gasteiger charge is -2.06. The molecule has 0 saturated heterocycles. The molecule has 0 spiro atoms. The number of aliphatic hydroxyl groups excluding tert-OH is 2. The molecule has 5 N–H and O–H groups in total. The topological polar surface area (TPSA) is 103 Å². The number of nitrogens with two attached hydrogens (primary N) is 1. The summed E-state index contributed by atoms with van der Waals surface area (Å²) >= 11 is 1.31. The number of rotatable bonds is 5. The monoisotopic (exact) mass is 227 g/mol. The summed E-state index contributed by atoms with van der Waals surface area (Å²) in [6, 6.07) is 3.33. The van der Waals surface area contributed by atoms with E-state index in [0.717, 1.165) is 0 Å². The van der Waals surface area contributed by atoms with Gasteiger partial charge in [-0.15, -0.1) is 11.8 Å². The molecule has 1 aromatic heterocycles. The second-order valence-electron chi connectivity index (χ2n) is 2.94. The van der Waals surface area contributed by atoms with E-state index in [9.17, 15) is 0 Å². The summed E-state index contributed by atoms with van der Waals surface area (Å²) in [7, 11) is 0. The Morgan fingerprint density at radius 3 is 3.00 bits per heavy atom. The van der Waals surface area contributed by atoms with Crippen LogP contribution in [0, 0.1) is 5.41 Å². The van der Waals surface area contributed by atoms with Gasteiger partial charge in [0.25, 0.3) is 0 Å². The van der Waals surface area contributed by atoms with Gasteiger partial charge in [0.1, 0.15) is 5.84 Å². The lowest BCUT2D eigenvalue weighted by atomic mass is 10.2. The van der Waals surface area contributed by atoms with Crippen molar-refractivity contribution >= 4 is 17.6 Å². The smallest absolute Gasteiger partial charge is 0.122 e. The number of thioether (sulfide) groups is 1. The normalized spacial score (nSPS) is 12.4. The Labute approximate surface area is 91.8 Å². The number of nitrogens with one attached hydrogen (secondary N) is 1. The van der Waals surface area contributed by atoms with Crippen LogP contribution in [0.3, 0.4) is 0 Å². The first-order valence-electron chi connectivity index (χ1n) is 4.35. The van der Waals surface area contributed by atoms with Crippen molar-refractivity contribution in [1.82, 2.24) is 4.98 Å². The summed E-state index contributed by atoms with van der Waals surface area (Å²) in [5.41, 5.74) is 5.92. The van der Waals surface area contributed by atoms with Gasteiger partial charge in [0, 0.05) is 17.5 Å². The molecule has 15 heavy (non-hydrogen) atoms. The van der Waals surface area contributed by atoms with Crippen LogP contribution in [0.25, 0.3) is 0 Å². The van der Waals surface area contributed by atoms with Gasteiger partial charge < -0.3 is 15.9 Å². The molecule has 1 aromatic rings. The highest BCUT2D eigenvalue weighted by Crippen LogP contribution is 2.16. The van der Waals surface area contributed by atoms with Gasteiger partial charge in [-0.2, -0.15) is 0 Å².